The maximum atomic E-state index is 12.1. The number of nitro groups is 1. The summed E-state index contributed by atoms with van der Waals surface area (Å²) < 4.78 is 5.56. The average Bonchev–Trinajstić information content (AvgIpc) is 3.08. The number of amides is 1. The molecule has 3 aromatic rings. The van der Waals surface area contributed by atoms with Gasteiger partial charge in [0.2, 0.25) is 5.91 Å². The molecule has 0 aliphatic carbocycles. The molecule has 0 saturated heterocycles. The highest BCUT2D eigenvalue weighted by Gasteiger charge is 2.12. The Morgan fingerprint density at radius 2 is 2.04 bits per heavy atom. The van der Waals surface area contributed by atoms with Gasteiger partial charge in [0, 0.05) is 23.2 Å². The summed E-state index contributed by atoms with van der Waals surface area (Å²) in [7, 11) is 0. The highest BCUT2D eigenvalue weighted by atomic mass is 35.5. The Morgan fingerprint density at radius 3 is 2.74 bits per heavy atom. The highest BCUT2D eigenvalue weighted by Crippen LogP contribution is 2.29. The molecule has 0 bridgehead atoms. The predicted molar refractivity (Wildman–Crippen MR) is 103 cm³/mol. The minimum atomic E-state index is -0.525. The number of benzene rings is 2. The summed E-state index contributed by atoms with van der Waals surface area (Å²) in [6.45, 7) is 0.147. The van der Waals surface area contributed by atoms with Crippen LogP contribution in [0.15, 0.2) is 53.9 Å². The Hall–Kier alpha value is -2.97. The molecular formula is C18H14ClN3O4S. The largest absolute Gasteiger partial charge is 0.486 e. The fourth-order valence-electron chi connectivity index (χ4n) is 2.23. The molecule has 1 amide bonds. The number of nitro benzene ring substituents is 1. The quantitative estimate of drug-likeness (QED) is 0.464. The van der Waals surface area contributed by atoms with Crippen molar-refractivity contribution >= 4 is 40.2 Å². The van der Waals surface area contributed by atoms with Gasteiger partial charge in [-0.3, -0.25) is 14.9 Å². The van der Waals surface area contributed by atoms with Crippen LogP contribution in [-0.4, -0.2) is 15.8 Å². The number of nitrogens with zero attached hydrogens (tertiary/aromatic N) is 2. The molecule has 0 unspecified atom stereocenters. The predicted octanol–water partition coefficient (Wildman–Crippen LogP) is 4.46. The minimum Gasteiger partial charge on any atom is -0.486 e. The number of thiazole rings is 1. The van der Waals surface area contributed by atoms with Gasteiger partial charge in [0.1, 0.15) is 17.4 Å². The van der Waals surface area contributed by atoms with Crippen LogP contribution < -0.4 is 10.1 Å². The maximum Gasteiger partial charge on any atom is 0.271 e. The van der Waals surface area contributed by atoms with Crippen molar-refractivity contribution in [1.29, 1.82) is 0 Å². The van der Waals surface area contributed by atoms with E-state index < -0.39 is 4.92 Å². The Bertz CT molecular complexity index is 962. The fourth-order valence-corrected chi connectivity index (χ4v) is 3.24. The van der Waals surface area contributed by atoms with Crippen LogP contribution >= 0.6 is 22.9 Å². The second-order valence-corrected chi connectivity index (χ2v) is 6.83. The van der Waals surface area contributed by atoms with Gasteiger partial charge in [0.25, 0.3) is 5.69 Å². The van der Waals surface area contributed by atoms with E-state index in [1.165, 1.54) is 29.5 Å². The molecule has 0 atom stereocenters. The number of hydrogen-bond acceptors (Lipinski definition) is 6. The number of carbonyl (C=O) groups excluding carboxylic acids is 1. The van der Waals surface area contributed by atoms with Crippen molar-refractivity contribution in [1.82, 2.24) is 4.98 Å². The first-order valence-electron chi connectivity index (χ1n) is 7.86. The third-order valence-electron chi connectivity index (χ3n) is 3.47. The standard InChI is InChI=1S/C18H14ClN3O4S/c19-15-8-14(22(24)25)6-7-16(15)26-10-13-11-27-18(21-13)9-17(23)20-12-4-2-1-3-5-12/h1-8,11H,9-10H2,(H,20,23). The number of hydrogen-bond donors (Lipinski definition) is 1. The van der Waals surface area contributed by atoms with Gasteiger partial charge in [0.05, 0.1) is 22.1 Å². The van der Waals surface area contributed by atoms with Crippen LogP contribution in [0.2, 0.25) is 5.02 Å². The Morgan fingerprint density at radius 1 is 1.26 bits per heavy atom. The van der Waals surface area contributed by atoms with E-state index in [1.807, 2.05) is 30.3 Å². The number of ether oxygens (including phenoxy) is 1. The maximum absolute atomic E-state index is 12.1. The van der Waals surface area contributed by atoms with Crippen molar-refractivity contribution < 1.29 is 14.5 Å². The van der Waals surface area contributed by atoms with Crippen molar-refractivity contribution in [3.05, 3.63) is 79.7 Å². The molecule has 0 radical (unpaired) electrons. The molecule has 27 heavy (non-hydrogen) atoms. The van der Waals surface area contributed by atoms with Gasteiger partial charge < -0.3 is 10.1 Å². The summed E-state index contributed by atoms with van der Waals surface area (Å²) in [5.41, 5.74) is 1.28. The van der Waals surface area contributed by atoms with Crippen LogP contribution in [0, 0.1) is 10.1 Å². The number of aromatic nitrogens is 1. The molecule has 138 valence electrons. The lowest BCUT2D eigenvalue weighted by Gasteiger charge is -2.06. The summed E-state index contributed by atoms with van der Waals surface area (Å²) in [5.74, 6) is 0.181. The van der Waals surface area contributed by atoms with Gasteiger partial charge in [-0.05, 0) is 18.2 Å². The van der Waals surface area contributed by atoms with Crippen molar-refractivity contribution in [3.63, 3.8) is 0 Å². The molecule has 1 N–H and O–H groups in total. The summed E-state index contributed by atoms with van der Waals surface area (Å²) in [6, 6.07) is 13.2. The molecule has 7 nitrogen and oxygen atoms in total. The Labute approximate surface area is 163 Å². The number of nitrogens with one attached hydrogen (secondary N) is 1. The average molecular weight is 404 g/mol. The monoisotopic (exact) mass is 403 g/mol. The number of rotatable bonds is 7. The molecule has 0 spiro atoms. The zero-order valence-corrected chi connectivity index (χ0v) is 15.5. The molecule has 0 saturated carbocycles. The second kappa shape index (κ2) is 8.61. The summed E-state index contributed by atoms with van der Waals surface area (Å²) in [5, 5.41) is 16.1. The smallest absolute Gasteiger partial charge is 0.271 e. The van der Waals surface area contributed by atoms with Crippen LogP contribution in [-0.2, 0) is 17.8 Å². The lowest BCUT2D eigenvalue weighted by atomic mass is 10.3. The molecule has 9 heteroatoms. The van der Waals surface area contributed by atoms with Crippen LogP contribution in [0.3, 0.4) is 0 Å². The zero-order valence-electron chi connectivity index (χ0n) is 13.9. The van der Waals surface area contributed by atoms with E-state index in [-0.39, 0.29) is 29.6 Å². The molecule has 1 aromatic heterocycles. The normalized spacial score (nSPS) is 10.4. The fraction of sp³-hybridized carbons (Fsp3) is 0.111. The minimum absolute atomic E-state index is 0.104. The van der Waals surface area contributed by atoms with Gasteiger partial charge in [-0.25, -0.2) is 4.98 Å². The van der Waals surface area contributed by atoms with E-state index in [2.05, 4.69) is 10.3 Å². The molecule has 3 rings (SSSR count). The Kier molecular flexibility index (Phi) is 6.00. The first-order valence-corrected chi connectivity index (χ1v) is 9.12. The van der Waals surface area contributed by atoms with E-state index >= 15 is 0 Å². The van der Waals surface area contributed by atoms with Crippen molar-refractivity contribution in [3.8, 4) is 5.75 Å². The number of non-ortho nitro benzene ring substituents is 1. The lowest BCUT2D eigenvalue weighted by molar-refractivity contribution is -0.384. The van der Waals surface area contributed by atoms with Crippen LogP contribution in [0.1, 0.15) is 10.7 Å². The van der Waals surface area contributed by atoms with E-state index in [0.717, 1.165) is 5.69 Å². The van der Waals surface area contributed by atoms with Crippen LogP contribution in [0.25, 0.3) is 0 Å². The highest BCUT2D eigenvalue weighted by molar-refractivity contribution is 7.09. The number of carbonyl (C=O) groups is 1. The molecule has 1 heterocycles. The summed E-state index contributed by atoms with van der Waals surface area (Å²) >= 11 is 7.35. The SMILES string of the molecule is O=C(Cc1nc(COc2ccc([N+](=O)[O-])cc2Cl)cs1)Nc1ccccc1. The van der Waals surface area contributed by atoms with E-state index in [9.17, 15) is 14.9 Å². The van der Waals surface area contributed by atoms with Gasteiger partial charge in [-0.2, -0.15) is 0 Å². The van der Waals surface area contributed by atoms with E-state index in [0.29, 0.717) is 16.5 Å². The van der Waals surface area contributed by atoms with Crippen molar-refractivity contribution in [2.24, 2.45) is 0 Å². The topological polar surface area (TPSA) is 94.4 Å². The molecule has 0 aliphatic heterocycles. The van der Waals surface area contributed by atoms with Gasteiger partial charge in [-0.15, -0.1) is 11.3 Å². The molecule has 2 aromatic carbocycles. The van der Waals surface area contributed by atoms with Gasteiger partial charge >= 0.3 is 0 Å². The first-order chi connectivity index (χ1) is 13.0. The summed E-state index contributed by atoms with van der Waals surface area (Å²) in [4.78, 5) is 26.6. The molecule has 0 aliphatic rings. The van der Waals surface area contributed by atoms with Crippen molar-refractivity contribution in [2.45, 2.75) is 13.0 Å². The lowest BCUT2D eigenvalue weighted by Crippen LogP contribution is -2.14. The molecular weight excluding hydrogens is 390 g/mol. The third kappa shape index (κ3) is 5.25. The second-order valence-electron chi connectivity index (χ2n) is 5.48. The van der Waals surface area contributed by atoms with Crippen LogP contribution in [0.5, 0.6) is 5.75 Å². The number of anilines is 1. The summed E-state index contributed by atoms with van der Waals surface area (Å²) in [6.07, 6.45) is 0.165. The third-order valence-corrected chi connectivity index (χ3v) is 4.66. The zero-order chi connectivity index (χ0) is 19.2. The van der Waals surface area contributed by atoms with E-state index in [4.69, 9.17) is 16.3 Å². The molecule has 0 fully saturated rings. The van der Waals surface area contributed by atoms with E-state index in [1.54, 1.807) is 5.38 Å². The van der Waals surface area contributed by atoms with Crippen LogP contribution in [0.4, 0.5) is 11.4 Å². The van der Waals surface area contributed by atoms with Crippen molar-refractivity contribution in [2.75, 3.05) is 5.32 Å². The number of halogens is 1. The number of para-hydroxylation sites is 1. The van der Waals surface area contributed by atoms with Gasteiger partial charge in [0.15, 0.2) is 0 Å². The Balaban J connectivity index is 1.55. The first kappa shape index (κ1) is 18.8. The van der Waals surface area contributed by atoms with Gasteiger partial charge in [-0.1, -0.05) is 29.8 Å².